The molecular weight excluding hydrogens is 245 g/mol. The van der Waals surface area contributed by atoms with Gasteiger partial charge in [0.1, 0.15) is 5.82 Å². The van der Waals surface area contributed by atoms with Gasteiger partial charge < -0.3 is 10.7 Å². The summed E-state index contributed by atoms with van der Waals surface area (Å²) in [6.45, 7) is 0. The number of aromatic nitrogens is 2. The van der Waals surface area contributed by atoms with Crippen LogP contribution in [0.4, 0.5) is 21.7 Å². The fraction of sp³-hybridized carbons (Fsp3) is 0. The van der Waals surface area contributed by atoms with Gasteiger partial charge in [0, 0.05) is 10.7 Å². The number of nitrogens with zero attached hydrogens (tertiary/aromatic N) is 2. The molecule has 0 aliphatic heterocycles. The largest absolute Gasteiger partial charge is 0.339 e. The van der Waals surface area contributed by atoms with Crippen molar-refractivity contribution in [3.63, 3.8) is 0 Å². The van der Waals surface area contributed by atoms with Gasteiger partial charge >= 0.3 is 0 Å². The van der Waals surface area contributed by atoms with Gasteiger partial charge in [0.15, 0.2) is 11.6 Å². The molecule has 17 heavy (non-hydrogen) atoms. The van der Waals surface area contributed by atoms with Crippen LogP contribution < -0.4 is 16.6 Å². The number of nitrogens with one attached hydrogen (secondary N) is 2. The highest BCUT2D eigenvalue weighted by Gasteiger charge is 2.02. The maximum atomic E-state index is 13.1. The standard InChI is InChI=1S/C10H9ClFN5/c11-6-1-7(12)3-8(2-6)15-9-4-14-5-10(16-9)17-13/h1-5H,13H2,(H2,15,16,17). The zero-order valence-corrected chi connectivity index (χ0v) is 9.37. The average molecular weight is 254 g/mol. The first-order valence-electron chi connectivity index (χ1n) is 4.69. The predicted octanol–water partition coefficient (Wildman–Crippen LogP) is 2.30. The van der Waals surface area contributed by atoms with Crippen LogP contribution >= 0.6 is 11.6 Å². The first-order valence-corrected chi connectivity index (χ1v) is 5.07. The van der Waals surface area contributed by atoms with Crippen LogP contribution in [0.5, 0.6) is 0 Å². The molecule has 1 aromatic carbocycles. The molecular formula is C10H9ClFN5. The minimum absolute atomic E-state index is 0.300. The van der Waals surface area contributed by atoms with E-state index in [1.165, 1.54) is 24.5 Å². The number of hydrogen-bond acceptors (Lipinski definition) is 5. The third-order valence-corrected chi connectivity index (χ3v) is 2.14. The fourth-order valence-corrected chi connectivity index (χ4v) is 1.49. The molecule has 0 amide bonds. The van der Waals surface area contributed by atoms with Crippen LogP contribution in [-0.2, 0) is 0 Å². The molecule has 1 aromatic heterocycles. The summed E-state index contributed by atoms with van der Waals surface area (Å²) in [5, 5.41) is 3.17. The van der Waals surface area contributed by atoms with E-state index in [0.29, 0.717) is 22.3 Å². The number of benzene rings is 1. The molecule has 0 aliphatic carbocycles. The van der Waals surface area contributed by atoms with Crippen molar-refractivity contribution < 1.29 is 4.39 Å². The van der Waals surface area contributed by atoms with Crippen molar-refractivity contribution in [3.05, 3.63) is 41.4 Å². The first kappa shape index (κ1) is 11.6. The highest BCUT2D eigenvalue weighted by atomic mass is 35.5. The minimum atomic E-state index is -0.430. The number of nitrogens with two attached hydrogens (primary N) is 1. The molecule has 0 saturated heterocycles. The van der Waals surface area contributed by atoms with E-state index in [0.717, 1.165) is 0 Å². The number of hydrazine groups is 1. The summed E-state index contributed by atoms with van der Waals surface area (Å²) in [6, 6.07) is 4.10. The monoisotopic (exact) mass is 253 g/mol. The van der Waals surface area contributed by atoms with Crippen molar-refractivity contribution in [2.75, 3.05) is 10.7 Å². The summed E-state index contributed by atoms with van der Waals surface area (Å²) in [6.07, 6.45) is 2.95. The molecule has 0 spiro atoms. The maximum absolute atomic E-state index is 13.1. The van der Waals surface area contributed by atoms with E-state index in [9.17, 15) is 4.39 Å². The summed E-state index contributed by atoms with van der Waals surface area (Å²) >= 11 is 5.73. The van der Waals surface area contributed by atoms with Crippen LogP contribution in [0.1, 0.15) is 0 Å². The van der Waals surface area contributed by atoms with Crippen molar-refractivity contribution in [1.29, 1.82) is 0 Å². The molecule has 0 radical (unpaired) electrons. The minimum Gasteiger partial charge on any atom is -0.339 e. The molecule has 4 N–H and O–H groups in total. The summed E-state index contributed by atoms with van der Waals surface area (Å²) in [5.74, 6) is 5.60. The van der Waals surface area contributed by atoms with E-state index in [2.05, 4.69) is 20.7 Å². The van der Waals surface area contributed by atoms with E-state index in [1.807, 2.05) is 0 Å². The first-order chi connectivity index (χ1) is 8.17. The van der Waals surface area contributed by atoms with Gasteiger partial charge in [-0.15, -0.1) is 0 Å². The summed E-state index contributed by atoms with van der Waals surface area (Å²) in [4.78, 5) is 7.97. The Labute approximate surface area is 102 Å². The Hall–Kier alpha value is -1.92. The van der Waals surface area contributed by atoms with Crippen molar-refractivity contribution in [2.45, 2.75) is 0 Å². The summed E-state index contributed by atoms with van der Waals surface area (Å²) in [7, 11) is 0. The third-order valence-electron chi connectivity index (χ3n) is 1.92. The number of nitrogen functional groups attached to an aromatic ring is 1. The smallest absolute Gasteiger partial charge is 0.160 e. The van der Waals surface area contributed by atoms with Gasteiger partial charge in [-0.05, 0) is 18.2 Å². The number of halogens is 2. The summed E-state index contributed by atoms with van der Waals surface area (Å²) < 4.78 is 13.1. The Bertz CT molecular complexity index is 514. The maximum Gasteiger partial charge on any atom is 0.160 e. The van der Waals surface area contributed by atoms with Gasteiger partial charge in [-0.3, -0.25) is 4.98 Å². The number of anilines is 3. The van der Waals surface area contributed by atoms with Gasteiger partial charge in [-0.1, -0.05) is 11.6 Å². The van der Waals surface area contributed by atoms with E-state index >= 15 is 0 Å². The van der Waals surface area contributed by atoms with Crippen molar-refractivity contribution in [1.82, 2.24) is 9.97 Å². The highest BCUT2D eigenvalue weighted by Crippen LogP contribution is 2.21. The summed E-state index contributed by atoms with van der Waals surface area (Å²) in [5.41, 5.74) is 2.85. The van der Waals surface area contributed by atoms with E-state index in [4.69, 9.17) is 17.4 Å². The van der Waals surface area contributed by atoms with Crippen LogP contribution in [-0.4, -0.2) is 9.97 Å². The van der Waals surface area contributed by atoms with E-state index < -0.39 is 5.82 Å². The molecule has 0 saturated carbocycles. The Morgan fingerprint density at radius 2 is 1.94 bits per heavy atom. The quantitative estimate of drug-likeness (QED) is 0.578. The molecule has 0 bridgehead atoms. The Morgan fingerprint density at radius 1 is 1.18 bits per heavy atom. The topological polar surface area (TPSA) is 75.9 Å². The van der Waals surface area contributed by atoms with Crippen LogP contribution in [0.15, 0.2) is 30.6 Å². The normalized spacial score (nSPS) is 10.1. The second kappa shape index (κ2) is 4.94. The third kappa shape index (κ3) is 3.02. The van der Waals surface area contributed by atoms with Crippen LogP contribution in [0.3, 0.4) is 0 Å². The molecule has 7 heteroatoms. The second-order valence-corrected chi connectivity index (χ2v) is 3.65. The van der Waals surface area contributed by atoms with Crippen LogP contribution in [0.2, 0.25) is 5.02 Å². The molecule has 1 heterocycles. The Morgan fingerprint density at radius 3 is 2.65 bits per heavy atom. The van der Waals surface area contributed by atoms with Gasteiger partial charge in [0.05, 0.1) is 12.4 Å². The van der Waals surface area contributed by atoms with Gasteiger partial charge in [-0.2, -0.15) is 0 Å². The lowest BCUT2D eigenvalue weighted by atomic mass is 10.3. The van der Waals surface area contributed by atoms with E-state index in [-0.39, 0.29) is 0 Å². The molecule has 0 unspecified atom stereocenters. The molecule has 0 aliphatic rings. The highest BCUT2D eigenvalue weighted by molar-refractivity contribution is 6.30. The lowest BCUT2D eigenvalue weighted by Crippen LogP contribution is -2.09. The van der Waals surface area contributed by atoms with Gasteiger partial charge in [0.25, 0.3) is 0 Å². The zero-order chi connectivity index (χ0) is 12.3. The van der Waals surface area contributed by atoms with Crippen LogP contribution in [0, 0.1) is 5.82 Å². The number of hydrogen-bond donors (Lipinski definition) is 3. The molecule has 5 nitrogen and oxygen atoms in total. The van der Waals surface area contributed by atoms with Crippen LogP contribution in [0.25, 0.3) is 0 Å². The van der Waals surface area contributed by atoms with E-state index in [1.54, 1.807) is 6.07 Å². The molecule has 88 valence electrons. The second-order valence-electron chi connectivity index (χ2n) is 3.22. The lowest BCUT2D eigenvalue weighted by molar-refractivity contribution is 0.628. The predicted molar refractivity (Wildman–Crippen MR) is 64.5 cm³/mol. The Balaban J connectivity index is 2.24. The average Bonchev–Trinajstić information content (AvgIpc) is 2.28. The van der Waals surface area contributed by atoms with Crippen molar-refractivity contribution in [2.24, 2.45) is 5.84 Å². The fourth-order valence-electron chi connectivity index (χ4n) is 1.27. The van der Waals surface area contributed by atoms with Gasteiger partial charge in [-0.25, -0.2) is 15.2 Å². The molecule has 0 fully saturated rings. The van der Waals surface area contributed by atoms with Crippen molar-refractivity contribution in [3.8, 4) is 0 Å². The molecule has 2 rings (SSSR count). The van der Waals surface area contributed by atoms with Crippen molar-refractivity contribution >= 4 is 28.9 Å². The molecule has 2 aromatic rings. The zero-order valence-electron chi connectivity index (χ0n) is 8.61. The SMILES string of the molecule is NNc1cncc(Nc2cc(F)cc(Cl)c2)n1. The lowest BCUT2D eigenvalue weighted by Gasteiger charge is -2.07. The Kier molecular flexibility index (Phi) is 3.36. The molecule has 0 atom stereocenters. The van der Waals surface area contributed by atoms with Gasteiger partial charge in [0.2, 0.25) is 0 Å². The number of rotatable bonds is 3.